The average Bonchev–Trinajstić information content (AvgIpc) is 2.73. The first-order valence-corrected chi connectivity index (χ1v) is 9.02. The van der Waals surface area contributed by atoms with Crippen molar-refractivity contribution < 1.29 is 10.2 Å². The van der Waals surface area contributed by atoms with Crippen molar-refractivity contribution in [2.75, 3.05) is 0 Å². The van der Waals surface area contributed by atoms with Gasteiger partial charge >= 0.3 is 0 Å². The van der Waals surface area contributed by atoms with Crippen molar-refractivity contribution in [3.63, 3.8) is 0 Å². The Hall–Kier alpha value is -1.22. The Labute approximate surface area is 139 Å². The second-order valence-electron chi connectivity index (χ2n) is 8.88. The lowest BCUT2D eigenvalue weighted by atomic mass is 9.48. The summed E-state index contributed by atoms with van der Waals surface area (Å²) in [5.74, 6) is 2.10. The van der Waals surface area contributed by atoms with Crippen LogP contribution in [-0.2, 0) is 0 Å². The lowest BCUT2D eigenvalue weighted by molar-refractivity contribution is -0.0620. The van der Waals surface area contributed by atoms with E-state index in [1.807, 2.05) is 6.08 Å². The maximum Gasteiger partial charge on any atom is 0.0926 e. The molecule has 0 aliphatic heterocycles. The monoisotopic (exact) mass is 315 g/mol. The van der Waals surface area contributed by atoms with E-state index in [0.717, 1.165) is 49.8 Å². The van der Waals surface area contributed by atoms with Crippen LogP contribution in [0.4, 0.5) is 0 Å². The Bertz CT molecular complexity index is 634. The van der Waals surface area contributed by atoms with Gasteiger partial charge in [-0.15, -0.1) is 0 Å². The fraction of sp³-hybridized carbons (Fsp3) is 0.700. The number of aliphatic hydroxyl groups is 2. The summed E-state index contributed by atoms with van der Waals surface area (Å²) in [6.07, 6.45) is 7.38. The van der Waals surface area contributed by atoms with Gasteiger partial charge in [-0.25, -0.2) is 0 Å². The SMILES string of the molecule is C=C1CC2[C@@H]3CC(N)=C4C=C(O)CC[C@]4(C)C3CCC2(C)[C@H]1O. The Morgan fingerprint density at radius 2 is 1.96 bits per heavy atom. The van der Waals surface area contributed by atoms with Crippen molar-refractivity contribution in [2.45, 2.75) is 58.5 Å². The van der Waals surface area contributed by atoms with Crippen LogP contribution in [0.5, 0.6) is 0 Å². The molecule has 0 spiro atoms. The van der Waals surface area contributed by atoms with Crippen molar-refractivity contribution in [3.05, 3.63) is 35.3 Å². The van der Waals surface area contributed by atoms with Crippen LogP contribution in [0, 0.1) is 28.6 Å². The third-order valence-corrected chi connectivity index (χ3v) is 7.81. The summed E-state index contributed by atoms with van der Waals surface area (Å²) < 4.78 is 0. The molecule has 3 heteroatoms. The molecule has 0 aromatic rings. The van der Waals surface area contributed by atoms with Crippen LogP contribution in [-0.4, -0.2) is 16.3 Å². The quantitative estimate of drug-likeness (QED) is 0.595. The summed E-state index contributed by atoms with van der Waals surface area (Å²) in [5, 5.41) is 20.6. The number of allylic oxidation sites excluding steroid dienone is 4. The van der Waals surface area contributed by atoms with E-state index in [1.54, 1.807) is 0 Å². The summed E-state index contributed by atoms with van der Waals surface area (Å²) in [7, 11) is 0. The molecule has 4 aliphatic rings. The summed E-state index contributed by atoms with van der Waals surface area (Å²) >= 11 is 0. The molecule has 0 aromatic heterocycles. The summed E-state index contributed by atoms with van der Waals surface area (Å²) in [6, 6.07) is 0. The molecule has 4 N–H and O–H groups in total. The van der Waals surface area contributed by atoms with Crippen LogP contribution in [0.2, 0.25) is 0 Å². The molecule has 23 heavy (non-hydrogen) atoms. The Morgan fingerprint density at radius 1 is 1.22 bits per heavy atom. The third-order valence-electron chi connectivity index (χ3n) is 7.81. The second-order valence-corrected chi connectivity index (χ2v) is 8.88. The molecular weight excluding hydrogens is 286 g/mol. The van der Waals surface area contributed by atoms with Crippen molar-refractivity contribution in [1.82, 2.24) is 0 Å². The predicted molar refractivity (Wildman–Crippen MR) is 91.5 cm³/mol. The molecule has 4 aliphatic carbocycles. The van der Waals surface area contributed by atoms with E-state index in [-0.39, 0.29) is 16.9 Å². The highest BCUT2D eigenvalue weighted by molar-refractivity contribution is 5.39. The van der Waals surface area contributed by atoms with Crippen LogP contribution < -0.4 is 5.73 Å². The largest absolute Gasteiger partial charge is 0.512 e. The van der Waals surface area contributed by atoms with E-state index in [0.29, 0.717) is 23.5 Å². The first-order chi connectivity index (χ1) is 10.8. The van der Waals surface area contributed by atoms with Crippen LogP contribution in [0.1, 0.15) is 52.4 Å². The lowest BCUT2D eigenvalue weighted by Gasteiger charge is -2.57. The molecule has 0 bridgehead atoms. The van der Waals surface area contributed by atoms with E-state index in [1.165, 1.54) is 5.57 Å². The van der Waals surface area contributed by atoms with Crippen LogP contribution >= 0.6 is 0 Å². The van der Waals surface area contributed by atoms with E-state index in [4.69, 9.17) is 5.73 Å². The van der Waals surface area contributed by atoms with Crippen molar-refractivity contribution in [3.8, 4) is 0 Å². The predicted octanol–water partition coefficient (Wildman–Crippen LogP) is 3.81. The lowest BCUT2D eigenvalue weighted by Crippen LogP contribution is -2.51. The summed E-state index contributed by atoms with van der Waals surface area (Å²) in [5.41, 5.74) is 9.68. The van der Waals surface area contributed by atoms with Gasteiger partial charge in [0.15, 0.2) is 0 Å². The third kappa shape index (κ3) is 1.86. The number of rotatable bonds is 0. The minimum Gasteiger partial charge on any atom is -0.512 e. The second kappa shape index (κ2) is 4.66. The van der Waals surface area contributed by atoms with Gasteiger partial charge in [-0.3, -0.25) is 0 Å². The molecule has 3 nitrogen and oxygen atoms in total. The van der Waals surface area contributed by atoms with Crippen LogP contribution in [0.3, 0.4) is 0 Å². The number of nitrogens with two attached hydrogens (primary N) is 1. The zero-order valence-electron chi connectivity index (χ0n) is 14.3. The zero-order valence-corrected chi connectivity index (χ0v) is 14.3. The van der Waals surface area contributed by atoms with Gasteiger partial charge < -0.3 is 15.9 Å². The Morgan fingerprint density at radius 3 is 2.70 bits per heavy atom. The first-order valence-electron chi connectivity index (χ1n) is 9.02. The summed E-state index contributed by atoms with van der Waals surface area (Å²) in [4.78, 5) is 0. The number of hydrogen-bond donors (Lipinski definition) is 3. The number of hydrogen-bond acceptors (Lipinski definition) is 3. The standard InChI is InChI=1S/C20H29NO2/c1-11-8-15-13-10-17(21)16-9-12(22)4-6-19(16,2)14(13)5-7-20(15,3)18(11)23/h9,13-15,18,22-23H,1,4-8,10,21H2,2-3H3/t13-,14?,15?,18+,19-,20?/m1/s1. The van der Waals surface area contributed by atoms with E-state index in [9.17, 15) is 10.2 Å². The first kappa shape index (κ1) is 15.3. The molecule has 0 aromatic carbocycles. The zero-order chi connectivity index (χ0) is 16.6. The maximum atomic E-state index is 10.7. The molecule has 4 rings (SSSR count). The van der Waals surface area contributed by atoms with Gasteiger partial charge in [0, 0.05) is 17.5 Å². The molecule has 2 fully saturated rings. The molecule has 3 unspecified atom stereocenters. The van der Waals surface area contributed by atoms with Crippen LogP contribution in [0.25, 0.3) is 0 Å². The highest BCUT2D eigenvalue weighted by Gasteiger charge is 2.59. The molecule has 0 amide bonds. The van der Waals surface area contributed by atoms with E-state index in [2.05, 4.69) is 20.4 Å². The Kier molecular flexibility index (Phi) is 3.10. The molecule has 6 atom stereocenters. The molecule has 0 radical (unpaired) electrons. The fourth-order valence-corrected chi connectivity index (χ4v) is 6.43. The highest BCUT2D eigenvalue weighted by Crippen LogP contribution is 2.65. The van der Waals surface area contributed by atoms with Gasteiger partial charge in [0.25, 0.3) is 0 Å². The molecule has 2 saturated carbocycles. The minimum atomic E-state index is -0.358. The van der Waals surface area contributed by atoms with E-state index < -0.39 is 0 Å². The van der Waals surface area contributed by atoms with E-state index >= 15 is 0 Å². The van der Waals surface area contributed by atoms with Gasteiger partial charge in [-0.05, 0) is 72.5 Å². The van der Waals surface area contributed by atoms with Gasteiger partial charge in [-0.2, -0.15) is 0 Å². The minimum absolute atomic E-state index is 0.0287. The van der Waals surface area contributed by atoms with Gasteiger partial charge in [0.05, 0.1) is 11.9 Å². The van der Waals surface area contributed by atoms with Gasteiger partial charge in [-0.1, -0.05) is 20.4 Å². The van der Waals surface area contributed by atoms with Crippen molar-refractivity contribution in [1.29, 1.82) is 0 Å². The summed E-state index contributed by atoms with van der Waals surface area (Å²) in [6.45, 7) is 8.73. The van der Waals surface area contributed by atoms with Crippen molar-refractivity contribution >= 4 is 0 Å². The average molecular weight is 315 g/mol. The number of aliphatic hydroxyl groups excluding tert-OH is 2. The Balaban J connectivity index is 1.78. The number of fused-ring (bicyclic) bond motifs is 5. The van der Waals surface area contributed by atoms with Gasteiger partial charge in [0.1, 0.15) is 0 Å². The molecular formula is C20H29NO2. The molecule has 0 heterocycles. The van der Waals surface area contributed by atoms with Crippen molar-refractivity contribution in [2.24, 2.45) is 34.3 Å². The smallest absolute Gasteiger partial charge is 0.0926 e. The van der Waals surface area contributed by atoms with Crippen LogP contribution in [0.15, 0.2) is 35.3 Å². The van der Waals surface area contributed by atoms with Gasteiger partial charge in [0.2, 0.25) is 0 Å². The normalized spacial score (nSPS) is 49.3. The highest BCUT2D eigenvalue weighted by atomic mass is 16.3. The maximum absolute atomic E-state index is 10.7. The fourth-order valence-electron chi connectivity index (χ4n) is 6.43. The molecule has 0 saturated heterocycles. The molecule has 126 valence electrons. The topological polar surface area (TPSA) is 66.5 Å².